The number of rotatable bonds is 7. The van der Waals surface area contributed by atoms with Crippen molar-refractivity contribution in [3.63, 3.8) is 0 Å². The third-order valence-electron chi connectivity index (χ3n) is 3.64. The van der Waals surface area contributed by atoms with Gasteiger partial charge in [0.2, 0.25) is 0 Å². The van der Waals surface area contributed by atoms with E-state index in [1.165, 1.54) is 12.5 Å². The van der Waals surface area contributed by atoms with Gasteiger partial charge >= 0.3 is 5.91 Å². The van der Waals surface area contributed by atoms with Gasteiger partial charge in [-0.15, -0.1) is 0 Å². The highest BCUT2D eigenvalue weighted by molar-refractivity contribution is 6.30. The van der Waals surface area contributed by atoms with Gasteiger partial charge in [0.05, 0.1) is 19.6 Å². The lowest BCUT2D eigenvalue weighted by Gasteiger charge is -2.13. The Kier molecular flexibility index (Phi) is 6.12. The molecule has 1 N–H and O–H groups in total. The molecule has 0 saturated heterocycles. The van der Waals surface area contributed by atoms with Crippen molar-refractivity contribution < 1.29 is 18.7 Å². The van der Waals surface area contributed by atoms with E-state index in [9.17, 15) is 4.79 Å². The summed E-state index contributed by atoms with van der Waals surface area (Å²) in [6.07, 6.45) is 2.91. The highest BCUT2D eigenvalue weighted by atomic mass is 35.5. The van der Waals surface area contributed by atoms with Crippen LogP contribution in [0.3, 0.4) is 0 Å². The molecule has 0 bridgehead atoms. The Morgan fingerprint density at radius 1 is 1.19 bits per heavy atom. The summed E-state index contributed by atoms with van der Waals surface area (Å²) < 4.78 is 16.3. The van der Waals surface area contributed by atoms with Gasteiger partial charge in [-0.1, -0.05) is 29.8 Å². The molecular weight excluding hydrogens is 368 g/mol. The lowest BCUT2D eigenvalue weighted by atomic mass is 10.2. The molecule has 6 nitrogen and oxygen atoms in total. The predicted octanol–water partition coefficient (Wildman–Crippen LogP) is 4.28. The fraction of sp³-hybridized carbons (Fsp3) is 0.100. The molecule has 3 rings (SSSR count). The van der Waals surface area contributed by atoms with E-state index < -0.39 is 5.91 Å². The first-order chi connectivity index (χ1) is 13.2. The van der Waals surface area contributed by atoms with Crippen LogP contribution in [0.4, 0.5) is 0 Å². The fourth-order valence-electron chi connectivity index (χ4n) is 2.31. The average molecular weight is 385 g/mol. The summed E-state index contributed by atoms with van der Waals surface area (Å²) in [6.45, 7) is 0.330. The van der Waals surface area contributed by atoms with Gasteiger partial charge in [0.1, 0.15) is 6.61 Å². The third kappa shape index (κ3) is 4.89. The molecule has 27 heavy (non-hydrogen) atoms. The Labute approximate surface area is 161 Å². The molecule has 0 radical (unpaired) electrons. The number of furan rings is 1. The van der Waals surface area contributed by atoms with Crippen LogP contribution in [0.25, 0.3) is 0 Å². The highest BCUT2D eigenvalue weighted by Gasteiger charge is 2.11. The van der Waals surface area contributed by atoms with Crippen molar-refractivity contribution in [2.45, 2.75) is 6.61 Å². The van der Waals surface area contributed by atoms with Crippen LogP contribution in [0.15, 0.2) is 70.4 Å². The molecule has 1 aromatic heterocycles. The van der Waals surface area contributed by atoms with Crippen molar-refractivity contribution in [2.24, 2.45) is 5.10 Å². The van der Waals surface area contributed by atoms with Gasteiger partial charge in [-0.05, 0) is 42.0 Å². The Hall–Kier alpha value is -3.25. The largest absolute Gasteiger partial charge is 0.493 e. The molecule has 0 aliphatic carbocycles. The molecule has 0 atom stereocenters. The minimum absolute atomic E-state index is 0.178. The predicted molar refractivity (Wildman–Crippen MR) is 103 cm³/mol. The second kappa shape index (κ2) is 8.91. The number of hydrogen-bond acceptors (Lipinski definition) is 5. The van der Waals surface area contributed by atoms with E-state index in [0.717, 1.165) is 5.56 Å². The highest BCUT2D eigenvalue weighted by Crippen LogP contribution is 2.31. The smallest absolute Gasteiger partial charge is 0.307 e. The van der Waals surface area contributed by atoms with E-state index in [4.69, 9.17) is 25.5 Å². The number of hydrazone groups is 1. The first-order valence-electron chi connectivity index (χ1n) is 8.08. The van der Waals surface area contributed by atoms with Crippen LogP contribution >= 0.6 is 11.6 Å². The molecule has 0 aliphatic rings. The molecule has 3 aromatic rings. The number of carbonyl (C=O) groups is 1. The summed E-state index contributed by atoms with van der Waals surface area (Å²) in [4.78, 5) is 11.9. The van der Waals surface area contributed by atoms with Crippen molar-refractivity contribution in [1.29, 1.82) is 0 Å². The number of halogens is 1. The van der Waals surface area contributed by atoms with Crippen LogP contribution in [0.5, 0.6) is 11.5 Å². The molecule has 7 heteroatoms. The zero-order chi connectivity index (χ0) is 19.1. The van der Waals surface area contributed by atoms with Gasteiger partial charge in [-0.2, -0.15) is 5.10 Å². The van der Waals surface area contributed by atoms with E-state index in [1.54, 1.807) is 37.4 Å². The second-order valence-electron chi connectivity index (χ2n) is 5.47. The summed E-state index contributed by atoms with van der Waals surface area (Å²) in [5.74, 6) is 0.816. The van der Waals surface area contributed by atoms with E-state index in [2.05, 4.69) is 10.5 Å². The quantitative estimate of drug-likeness (QED) is 0.487. The third-order valence-corrected chi connectivity index (χ3v) is 3.89. The lowest BCUT2D eigenvalue weighted by molar-refractivity contribution is 0.0927. The van der Waals surface area contributed by atoms with Crippen LogP contribution < -0.4 is 14.9 Å². The van der Waals surface area contributed by atoms with Gasteiger partial charge in [0.15, 0.2) is 17.3 Å². The number of nitrogens with one attached hydrogen (secondary N) is 1. The number of benzene rings is 2. The van der Waals surface area contributed by atoms with Gasteiger partial charge in [0, 0.05) is 10.6 Å². The Morgan fingerprint density at radius 3 is 2.70 bits per heavy atom. The van der Waals surface area contributed by atoms with Crippen LogP contribution in [-0.4, -0.2) is 19.2 Å². The lowest BCUT2D eigenvalue weighted by Crippen LogP contribution is -2.16. The molecule has 0 aliphatic heterocycles. The molecular formula is C20H17ClN2O4. The van der Waals surface area contributed by atoms with Crippen LogP contribution in [-0.2, 0) is 6.61 Å². The summed E-state index contributed by atoms with van der Waals surface area (Å²) >= 11 is 5.90. The number of carbonyl (C=O) groups excluding carboxylic acids is 1. The number of para-hydroxylation sites is 1. The Morgan fingerprint density at radius 2 is 2.00 bits per heavy atom. The SMILES string of the molecule is COc1cccc(/C=N\NC(=O)c2ccco2)c1OCc1ccc(Cl)cc1. The van der Waals surface area contributed by atoms with E-state index in [-0.39, 0.29) is 5.76 Å². The van der Waals surface area contributed by atoms with Gasteiger partial charge < -0.3 is 13.9 Å². The average Bonchev–Trinajstić information content (AvgIpc) is 3.23. The first-order valence-corrected chi connectivity index (χ1v) is 8.46. The van der Waals surface area contributed by atoms with Crippen molar-refractivity contribution >= 4 is 23.7 Å². The summed E-state index contributed by atoms with van der Waals surface area (Å²) in [5, 5.41) is 4.63. The van der Waals surface area contributed by atoms with Gasteiger partial charge in [0.25, 0.3) is 0 Å². The van der Waals surface area contributed by atoms with E-state index in [1.807, 2.05) is 24.3 Å². The normalized spacial score (nSPS) is 10.7. The molecule has 2 aromatic carbocycles. The Bertz CT molecular complexity index is 922. The number of hydrogen-bond donors (Lipinski definition) is 1. The second-order valence-corrected chi connectivity index (χ2v) is 5.91. The van der Waals surface area contributed by atoms with Crippen LogP contribution in [0.1, 0.15) is 21.7 Å². The van der Waals surface area contributed by atoms with Crippen molar-refractivity contribution in [1.82, 2.24) is 5.43 Å². The topological polar surface area (TPSA) is 73.1 Å². The first kappa shape index (κ1) is 18.5. The number of amides is 1. The summed E-state index contributed by atoms with van der Waals surface area (Å²) in [5.41, 5.74) is 4.02. The standard InChI is InChI=1S/C20H17ClN2O4/c1-25-17-5-2-4-15(12-22-23-20(24)18-6-3-11-26-18)19(17)27-13-14-7-9-16(21)10-8-14/h2-12H,13H2,1H3,(H,23,24)/b22-12-. The van der Waals surface area contributed by atoms with E-state index in [0.29, 0.717) is 28.7 Å². The van der Waals surface area contributed by atoms with Crippen molar-refractivity contribution in [3.8, 4) is 11.5 Å². The minimum atomic E-state index is -0.442. The van der Waals surface area contributed by atoms with Gasteiger partial charge in [-0.25, -0.2) is 5.43 Å². The molecule has 138 valence electrons. The zero-order valence-electron chi connectivity index (χ0n) is 14.5. The molecule has 0 fully saturated rings. The summed E-state index contributed by atoms with van der Waals surface area (Å²) in [6, 6.07) is 16.0. The van der Waals surface area contributed by atoms with Crippen LogP contribution in [0, 0.1) is 0 Å². The maximum atomic E-state index is 11.9. The number of ether oxygens (including phenoxy) is 2. The van der Waals surface area contributed by atoms with E-state index >= 15 is 0 Å². The van der Waals surface area contributed by atoms with Crippen LogP contribution in [0.2, 0.25) is 5.02 Å². The number of nitrogens with zero attached hydrogens (tertiary/aromatic N) is 1. The Balaban J connectivity index is 1.73. The molecule has 0 unspecified atom stereocenters. The number of methoxy groups -OCH3 is 1. The van der Waals surface area contributed by atoms with Crippen molar-refractivity contribution in [3.05, 3.63) is 82.8 Å². The summed E-state index contributed by atoms with van der Waals surface area (Å²) in [7, 11) is 1.56. The maximum absolute atomic E-state index is 11.9. The minimum Gasteiger partial charge on any atom is -0.493 e. The van der Waals surface area contributed by atoms with Crippen molar-refractivity contribution in [2.75, 3.05) is 7.11 Å². The maximum Gasteiger partial charge on any atom is 0.307 e. The molecule has 1 amide bonds. The zero-order valence-corrected chi connectivity index (χ0v) is 15.3. The molecule has 1 heterocycles. The monoisotopic (exact) mass is 384 g/mol. The van der Waals surface area contributed by atoms with Gasteiger partial charge in [-0.3, -0.25) is 4.79 Å². The fourth-order valence-corrected chi connectivity index (χ4v) is 2.44. The molecule has 0 spiro atoms. The molecule has 0 saturated carbocycles.